The van der Waals surface area contributed by atoms with Crippen LogP contribution in [0.4, 0.5) is 0 Å². The summed E-state index contributed by atoms with van der Waals surface area (Å²) in [5.74, 6) is 0.563. The monoisotopic (exact) mass is 393 g/mol. The number of ether oxygens (including phenoxy) is 1. The zero-order valence-electron chi connectivity index (χ0n) is 15.4. The summed E-state index contributed by atoms with van der Waals surface area (Å²) < 4.78 is 5.42. The lowest BCUT2D eigenvalue weighted by atomic mass is 9.89. The predicted molar refractivity (Wildman–Crippen MR) is 109 cm³/mol. The van der Waals surface area contributed by atoms with Crippen LogP contribution in [0.25, 0.3) is 21.1 Å². The first-order valence-corrected chi connectivity index (χ1v) is 10.2. The van der Waals surface area contributed by atoms with E-state index in [9.17, 15) is 9.59 Å². The lowest BCUT2D eigenvalue weighted by Crippen LogP contribution is -2.16. The van der Waals surface area contributed by atoms with Crippen LogP contribution in [-0.2, 0) is 24.2 Å². The van der Waals surface area contributed by atoms with Crippen LogP contribution in [0.1, 0.15) is 40.0 Å². The highest BCUT2D eigenvalue weighted by Crippen LogP contribution is 2.35. The molecule has 0 radical (unpaired) electrons. The van der Waals surface area contributed by atoms with Crippen molar-refractivity contribution in [2.45, 2.75) is 32.8 Å². The Balaban J connectivity index is 1.41. The Morgan fingerprint density at radius 2 is 2.21 bits per heavy atom. The van der Waals surface area contributed by atoms with Crippen LogP contribution in [0, 0.1) is 5.92 Å². The molecule has 1 atom stereocenters. The van der Waals surface area contributed by atoms with Gasteiger partial charge in [0.05, 0.1) is 10.9 Å². The zero-order valence-corrected chi connectivity index (χ0v) is 16.2. The molecule has 6 nitrogen and oxygen atoms in total. The minimum Gasteiger partial charge on any atom is -0.454 e. The molecule has 5 rings (SSSR count). The summed E-state index contributed by atoms with van der Waals surface area (Å²) in [6.45, 7) is 2.17. The number of fused-ring (bicyclic) bond motifs is 4. The molecule has 0 fully saturated rings. The summed E-state index contributed by atoms with van der Waals surface area (Å²) in [5, 5.41) is 1.52. The Kier molecular flexibility index (Phi) is 4.05. The highest BCUT2D eigenvalue weighted by molar-refractivity contribution is 7.18. The number of esters is 1. The highest BCUT2D eigenvalue weighted by atomic mass is 32.1. The first-order chi connectivity index (χ1) is 13.6. The third-order valence-corrected chi connectivity index (χ3v) is 6.51. The minimum atomic E-state index is -0.445. The zero-order chi connectivity index (χ0) is 19.3. The number of H-pyrrole nitrogens is 2. The molecule has 1 aromatic carbocycles. The van der Waals surface area contributed by atoms with Gasteiger partial charge in [-0.3, -0.25) is 4.79 Å². The molecule has 0 saturated heterocycles. The number of rotatable bonds is 3. The molecule has 28 heavy (non-hydrogen) atoms. The number of hydrogen-bond acceptors (Lipinski definition) is 5. The smallest absolute Gasteiger partial charge is 0.340 e. The molecular weight excluding hydrogens is 374 g/mol. The highest BCUT2D eigenvalue weighted by Gasteiger charge is 2.23. The fourth-order valence-corrected chi connectivity index (χ4v) is 5.32. The van der Waals surface area contributed by atoms with E-state index in [0.717, 1.165) is 40.6 Å². The number of aromatic amines is 2. The number of nitrogens with zero attached hydrogens (tertiary/aromatic N) is 1. The fourth-order valence-electron chi connectivity index (χ4n) is 3.91. The molecule has 7 heteroatoms. The molecule has 2 N–H and O–H groups in total. The van der Waals surface area contributed by atoms with Gasteiger partial charge in [0.25, 0.3) is 5.56 Å². The molecular formula is C21H19N3O3S. The second kappa shape index (κ2) is 6.60. The SMILES string of the molecule is C[C@@H]1CCc2c(sc3nc(COC(=O)c4c[nH]c5ccccc45)[nH]c(=O)c23)C1. The van der Waals surface area contributed by atoms with Crippen molar-refractivity contribution in [2.24, 2.45) is 5.92 Å². The molecule has 1 aliphatic carbocycles. The van der Waals surface area contributed by atoms with Crippen molar-refractivity contribution in [3.05, 3.63) is 62.6 Å². The van der Waals surface area contributed by atoms with E-state index in [1.807, 2.05) is 24.3 Å². The van der Waals surface area contributed by atoms with E-state index < -0.39 is 5.97 Å². The molecule has 3 aromatic heterocycles. The van der Waals surface area contributed by atoms with Gasteiger partial charge >= 0.3 is 5.97 Å². The van der Waals surface area contributed by atoms with Crippen molar-refractivity contribution in [3.8, 4) is 0 Å². The van der Waals surface area contributed by atoms with Gasteiger partial charge in [-0.05, 0) is 36.8 Å². The van der Waals surface area contributed by atoms with Gasteiger partial charge in [-0.15, -0.1) is 11.3 Å². The summed E-state index contributed by atoms with van der Waals surface area (Å²) >= 11 is 1.59. The van der Waals surface area contributed by atoms with Crippen LogP contribution < -0.4 is 5.56 Å². The standard InChI is InChI=1S/C21H19N3O3S/c1-11-6-7-13-16(8-11)28-20-18(13)19(25)23-17(24-20)10-27-21(26)14-9-22-15-5-3-2-4-12(14)15/h2-5,9,11,22H,6-8,10H2,1H3,(H,23,24,25)/t11-/m1/s1. The molecule has 0 amide bonds. The van der Waals surface area contributed by atoms with E-state index in [-0.39, 0.29) is 12.2 Å². The van der Waals surface area contributed by atoms with Crippen LogP contribution in [0.3, 0.4) is 0 Å². The molecule has 0 saturated carbocycles. The lowest BCUT2D eigenvalue weighted by molar-refractivity contribution is 0.0465. The van der Waals surface area contributed by atoms with E-state index in [2.05, 4.69) is 21.9 Å². The van der Waals surface area contributed by atoms with Crippen molar-refractivity contribution in [1.82, 2.24) is 15.0 Å². The summed E-state index contributed by atoms with van der Waals surface area (Å²) in [6.07, 6.45) is 4.67. The number of benzene rings is 1. The van der Waals surface area contributed by atoms with Gasteiger partial charge in [0.1, 0.15) is 17.3 Å². The Morgan fingerprint density at radius 1 is 1.36 bits per heavy atom. The number of aryl methyl sites for hydroxylation is 1. The summed E-state index contributed by atoms with van der Waals surface area (Å²) in [7, 11) is 0. The van der Waals surface area contributed by atoms with Crippen molar-refractivity contribution in [3.63, 3.8) is 0 Å². The third kappa shape index (κ3) is 2.82. The van der Waals surface area contributed by atoms with Gasteiger partial charge in [-0.25, -0.2) is 9.78 Å². The molecule has 1 aliphatic rings. The van der Waals surface area contributed by atoms with Gasteiger partial charge in [0, 0.05) is 22.0 Å². The molecule has 0 unspecified atom stereocenters. The lowest BCUT2D eigenvalue weighted by Gasteiger charge is -2.17. The Labute approximate surface area is 164 Å². The van der Waals surface area contributed by atoms with Crippen LogP contribution in [0.2, 0.25) is 0 Å². The van der Waals surface area contributed by atoms with Gasteiger partial charge in [-0.2, -0.15) is 0 Å². The molecule has 0 bridgehead atoms. The fraction of sp³-hybridized carbons (Fsp3) is 0.286. The van der Waals surface area contributed by atoms with Crippen LogP contribution >= 0.6 is 11.3 Å². The Bertz CT molecular complexity index is 1270. The van der Waals surface area contributed by atoms with Gasteiger partial charge in [0.2, 0.25) is 0 Å². The van der Waals surface area contributed by atoms with Gasteiger partial charge in [0.15, 0.2) is 0 Å². The number of carbonyl (C=O) groups excluding carboxylic acids is 1. The molecule has 142 valence electrons. The largest absolute Gasteiger partial charge is 0.454 e. The van der Waals surface area contributed by atoms with Crippen LogP contribution in [-0.4, -0.2) is 20.9 Å². The maximum atomic E-state index is 12.6. The van der Waals surface area contributed by atoms with Crippen molar-refractivity contribution in [2.75, 3.05) is 0 Å². The quantitative estimate of drug-likeness (QED) is 0.516. The number of aromatic nitrogens is 3. The van der Waals surface area contributed by atoms with E-state index in [4.69, 9.17) is 4.74 Å². The summed E-state index contributed by atoms with van der Waals surface area (Å²) in [4.78, 5) is 37.5. The van der Waals surface area contributed by atoms with Gasteiger partial charge in [-0.1, -0.05) is 25.1 Å². The number of carbonyl (C=O) groups is 1. The van der Waals surface area contributed by atoms with E-state index in [1.165, 1.54) is 4.88 Å². The first-order valence-electron chi connectivity index (χ1n) is 9.37. The summed E-state index contributed by atoms with van der Waals surface area (Å²) in [6, 6.07) is 7.54. The summed E-state index contributed by atoms with van der Waals surface area (Å²) in [5.41, 5.74) is 2.35. The van der Waals surface area contributed by atoms with Crippen molar-refractivity contribution >= 4 is 38.4 Å². The Morgan fingerprint density at radius 3 is 3.11 bits per heavy atom. The number of thiophene rings is 1. The second-order valence-electron chi connectivity index (χ2n) is 7.37. The van der Waals surface area contributed by atoms with E-state index >= 15 is 0 Å². The molecule has 3 heterocycles. The van der Waals surface area contributed by atoms with Gasteiger partial charge < -0.3 is 14.7 Å². The van der Waals surface area contributed by atoms with Crippen LogP contribution in [0.15, 0.2) is 35.3 Å². The normalized spacial score (nSPS) is 16.4. The van der Waals surface area contributed by atoms with Crippen molar-refractivity contribution in [1.29, 1.82) is 0 Å². The molecule has 0 aliphatic heterocycles. The topological polar surface area (TPSA) is 87.8 Å². The number of hydrogen-bond donors (Lipinski definition) is 2. The first kappa shape index (κ1) is 17.2. The minimum absolute atomic E-state index is 0.0670. The number of nitrogens with one attached hydrogen (secondary N) is 2. The third-order valence-electron chi connectivity index (χ3n) is 5.36. The predicted octanol–water partition coefficient (Wildman–Crippen LogP) is 3.95. The van der Waals surface area contributed by atoms with E-state index in [0.29, 0.717) is 22.7 Å². The van der Waals surface area contributed by atoms with Crippen molar-refractivity contribution < 1.29 is 9.53 Å². The maximum Gasteiger partial charge on any atom is 0.340 e. The average Bonchev–Trinajstić information content (AvgIpc) is 3.27. The van der Waals surface area contributed by atoms with E-state index in [1.54, 1.807) is 17.5 Å². The number of para-hydroxylation sites is 1. The maximum absolute atomic E-state index is 12.6. The Hall–Kier alpha value is -2.93. The average molecular weight is 393 g/mol. The molecule has 0 spiro atoms. The van der Waals surface area contributed by atoms with Crippen LogP contribution in [0.5, 0.6) is 0 Å². The second-order valence-corrected chi connectivity index (χ2v) is 8.45. The molecule has 4 aromatic rings.